The lowest BCUT2D eigenvalue weighted by molar-refractivity contribution is 0.356. The van der Waals surface area contributed by atoms with Crippen LogP contribution in [0.15, 0.2) is 28.7 Å². The number of nitrogens with one attached hydrogen (secondary N) is 1. The molecule has 2 atom stereocenters. The first-order chi connectivity index (χ1) is 6.25. The summed E-state index contributed by atoms with van der Waals surface area (Å²) in [6.45, 7) is 0.487. The molecule has 0 bridgehead atoms. The SMILES string of the molecule is FC1CNC(c2ccc(Br)cc2)C1. The normalized spacial score (nSPS) is 27.8. The molecule has 1 saturated heterocycles. The van der Waals surface area contributed by atoms with E-state index in [0.29, 0.717) is 13.0 Å². The molecule has 1 heterocycles. The molecule has 70 valence electrons. The first kappa shape index (κ1) is 9.16. The maximum atomic E-state index is 12.9. The fourth-order valence-electron chi connectivity index (χ4n) is 1.64. The zero-order valence-corrected chi connectivity index (χ0v) is 8.72. The highest BCUT2D eigenvalue weighted by Crippen LogP contribution is 2.25. The van der Waals surface area contributed by atoms with Gasteiger partial charge in [0.05, 0.1) is 0 Å². The molecule has 1 aromatic carbocycles. The van der Waals surface area contributed by atoms with Crippen LogP contribution in [0.1, 0.15) is 18.0 Å². The fraction of sp³-hybridized carbons (Fsp3) is 0.400. The van der Waals surface area contributed by atoms with Crippen molar-refractivity contribution in [2.24, 2.45) is 0 Å². The second-order valence-corrected chi connectivity index (χ2v) is 4.26. The van der Waals surface area contributed by atoms with E-state index in [9.17, 15) is 4.39 Å². The third-order valence-corrected chi connectivity index (χ3v) is 2.88. The molecular formula is C10H11BrFN. The van der Waals surface area contributed by atoms with Crippen LogP contribution in [-0.4, -0.2) is 12.7 Å². The van der Waals surface area contributed by atoms with Crippen molar-refractivity contribution in [1.29, 1.82) is 0 Å². The molecular weight excluding hydrogens is 233 g/mol. The lowest BCUT2D eigenvalue weighted by Gasteiger charge is -2.09. The van der Waals surface area contributed by atoms with Crippen molar-refractivity contribution in [3.8, 4) is 0 Å². The van der Waals surface area contributed by atoms with E-state index in [-0.39, 0.29) is 6.04 Å². The first-order valence-corrected chi connectivity index (χ1v) is 5.18. The molecule has 1 aromatic rings. The Kier molecular flexibility index (Phi) is 2.65. The van der Waals surface area contributed by atoms with E-state index >= 15 is 0 Å². The Bertz CT molecular complexity index is 285. The van der Waals surface area contributed by atoms with Gasteiger partial charge in [-0.1, -0.05) is 28.1 Å². The second-order valence-electron chi connectivity index (χ2n) is 3.35. The van der Waals surface area contributed by atoms with Gasteiger partial charge in [0, 0.05) is 17.1 Å². The number of benzene rings is 1. The van der Waals surface area contributed by atoms with Gasteiger partial charge in [-0.05, 0) is 24.1 Å². The predicted molar refractivity (Wildman–Crippen MR) is 54.4 cm³/mol. The summed E-state index contributed by atoms with van der Waals surface area (Å²) in [5.41, 5.74) is 1.17. The van der Waals surface area contributed by atoms with Crippen molar-refractivity contribution < 1.29 is 4.39 Å². The first-order valence-electron chi connectivity index (χ1n) is 4.38. The molecule has 2 unspecified atom stereocenters. The zero-order chi connectivity index (χ0) is 9.26. The number of rotatable bonds is 1. The lowest BCUT2D eigenvalue weighted by Crippen LogP contribution is -2.13. The minimum Gasteiger partial charge on any atom is -0.307 e. The standard InChI is InChI=1S/C10H11BrFN/c11-8-3-1-7(2-4-8)10-5-9(12)6-13-10/h1-4,9-10,13H,5-6H2. The highest BCUT2D eigenvalue weighted by molar-refractivity contribution is 9.10. The zero-order valence-electron chi connectivity index (χ0n) is 7.13. The van der Waals surface area contributed by atoms with Crippen LogP contribution in [0.3, 0.4) is 0 Å². The smallest absolute Gasteiger partial charge is 0.114 e. The predicted octanol–water partition coefficient (Wildman–Crippen LogP) is 2.82. The van der Waals surface area contributed by atoms with Crippen molar-refractivity contribution in [1.82, 2.24) is 5.32 Å². The van der Waals surface area contributed by atoms with Gasteiger partial charge in [0.25, 0.3) is 0 Å². The molecule has 1 nitrogen and oxygen atoms in total. The van der Waals surface area contributed by atoms with Gasteiger partial charge in [-0.15, -0.1) is 0 Å². The van der Waals surface area contributed by atoms with Crippen LogP contribution in [0.5, 0.6) is 0 Å². The minimum absolute atomic E-state index is 0.197. The molecule has 0 saturated carbocycles. The number of hydrogen-bond acceptors (Lipinski definition) is 1. The summed E-state index contributed by atoms with van der Waals surface area (Å²) < 4.78 is 13.9. The Morgan fingerprint density at radius 3 is 2.54 bits per heavy atom. The van der Waals surface area contributed by atoms with E-state index in [4.69, 9.17) is 0 Å². The Morgan fingerprint density at radius 2 is 2.00 bits per heavy atom. The second kappa shape index (κ2) is 3.76. The molecule has 2 rings (SSSR count). The summed E-state index contributed by atoms with van der Waals surface area (Å²) in [5, 5.41) is 3.15. The van der Waals surface area contributed by atoms with Crippen molar-refractivity contribution in [3.05, 3.63) is 34.3 Å². The van der Waals surface area contributed by atoms with Crippen LogP contribution < -0.4 is 5.32 Å². The Balaban J connectivity index is 2.13. The third kappa shape index (κ3) is 2.09. The molecule has 0 aliphatic carbocycles. The van der Waals surface area contributed by atoms with E-state index in [0.717, 1.165) is 4.47 Å². The van der Waals surface area contributed by atoms with Gasteiger partial charge in [0.2, 0.25) is 0 Å². The summed E-state index contributed by atoms with van der Waals surface area (Å²) in [5.74, 6) is 0. The van der Waals surface area contributed by atoms with Crippen LogP contribution in [0, 0.1) is 0 Å². The molecule has 13 heavy (non-hydrogen) atoms. The van der Waals surface area contributed by atoms with Gasteiger partial charge in [0.15, 0.2) is 0 Å². The van der Waals surface area contributed by atoms with Gasteiger partial charge in [0.1, 0.15) is 6.17 Å². The largest absolute Gasteiger partial charge is 0.307 e. The van der Waals surface area contributed by atoms with Crippen LogP contribution >= 0.6 is 15.9 Å². The van der Waals surface area contributed by atoms with Crippen molar-refractivity contribution in [3.63, 3.8) is 0 Å². The van der Waals surface area contributed by atoms with E-state index in [2.05, 4.69) is 21.2 Å². The minimum atomic E-state index is -0.686. The van der Waals surface area contributed by atoms with Crippen LogP contribution in [0.4, 0.5) is 4.39 Å². The monoisotopic (exact) mass is 243 g/mol. The van der Waals surface area contributed by atoms with Crippen molar-refractivity contribution in [2.75, 3.05) is 6.54 Å². The Morgan fingerprint density at radius 1 is 1.31 bits per heavy atom. The van der Waals surface area contributed by atoms with Crippen LogP contribution in [0.2, 0.25) is 0 Å². The van der Waals surface area contributed by atoms with Crippen molar-refractivity contribution in [2.45, 2.75) is 18.6 Å². The summed E-state index contributed by atoms with van der Waals surface area (Å²) in [6.07, 6.45) is -0.0876. The lowest BCUT2D eigenvalue weighted by atomic mass is 10.1. The summed E-state index contributed by atoms with van der Waals surface area (Å²) in [4.78, 5) is 0. The van der Waals surface area contributed by atoms with E-state index in [1.165, 1.54) is 5.56 Å². The maximum Gasteiger partial charge on any atom is 0.114 e. The highest BCUT2D eigenvalue weighted by Gasteiger charge is 2.24. The van der Waals surface area contributed by atoms with Gasteiger partial charge >= 0.3 is 0 Å². The Labute approximate surface area is 85.5 Å². The molecule has 0 spiro atoms. The van der Waals surface area contributed by atoms with E-state index in [1.807, 2.05) is 24.3 Å². The van der Waals surface area contributed by atoms with Gasteiger partial charge in [-0.3, -0.25) is 0 Å². The molecule has 1 aliphatic heterocycles. The third-order valence-electron chi connectivity index (χ3n) is 2.35. The molecule has 1 N–H and O–H groups in total. The topological polar surface area (TPSA) is 12.0 Å². The summed E-state index contributed by atoms with van der Waals surface area (Å²) >= 11 is 3.37. The van der Waals surface area contributed by atoms with Gasteiger partial charge in [-0.2, -0.15) is 0 Å². The quantitative estimate of drug-likeness (QED) is 0.800. The van der Waals surface area contributed by atoms with Crippen LogP contribution in [0.25, 0.3) is 0 Å². The maximum absolute atomic E-state index is 12.9. The van der Waals surface area contributed by atoms with E-state index in [1.54, 1.807) is 0 Å². The highest BCUT2D eigenvalue weighted by atomic mass is 79.9. The molecule has 1 aliphatic rings. The van der Waals surface area contributed by atoms with Crippen molar-refractivity contribution >= 4 is 15.9 Å². The van der Waals surface area contributed by atoms with Crippen LogP contribution in [-0.2, 0) is 0 Å². The molecule has 1 fully saturated rings. The number of alkyl halides is 1. The van der Waals surface area contributed by atoms with Gasteiger partial charge < -0.3 is 5.32 Å². The molecule has 0 amide bonds. The average molecular weight is 244 g/mol. The molecule has 0 radical (unpaired) electrons. The number of hydrogen-bond donors (Lipinski definition) is 1. The Hall–Kier alpha value is -0.410. The van der Waals surface area contributed by atoms with E-state index < -0.39 is 6.17 Å². The molecule has 0 aromatic heterocycles. The average Bonchev–Trinajstić information content (AvgIpc) is 2.53. The van der Waals surface area contributed by atoms with Gasteiger partial charge in [-0.25, -0.2) is 4.39 Å². The number of halogens is 2. The summed E-state index contributed by atoms with van der Waals surface area (Å²) in [6, 6.07) is 8.23. The molecule has 3 heteroatoms. The fourth-order valence-corrected chi connectivity index (χ4v) is 1.91. The summed E-state index contributed by atoms with van der Waals surface area (Å²) in [7, 11) is 0.